The van der Waals surface area contributed by atoms with Crippen molar-refractivity contribution in [2.24, 2.45) is 0 Å². The Morgan fingerprint density at radius 1 is 1.30 bits per heavy atom. The topological polar surface area (TPSA) is 96.9 Å². The Labute approximate surface area is 121 Å². The predicted molar refractivity (Wildman–Crippen MR) is 78.5 cm³/mol. The van der Waals surface area contributed by atoms with Crippen molar-refractivity contribution in [1.29, 1.82) is 0 Å². The minimum atomic E-state index is -3.67. The maximum absolute atomic E-state index is 12.2. The first-order valence-electron chi connectivity index (χ1n) is 6.10. The standard InChI is InChI=1S/C11H15N5O2S2/c1-3-10-14-15-11(19-10)16-20(17,18)8-5-6-13-9(7-8)12-4-2/h5-7H,3-4H2,1-2H3,(H,12,13)(H,15,16). The van der Waals surface area contributed by atoms with Gasteiger partial charge in [0, 0.05) is 18.8 Å². The number of hydrogen-bond acceptors (Lipinski definition) is 7. The van der Waals surface area contributed by atoms with E-state index in [1.165, 1.54) is 29.7 Å². The Balaban J connectivity index is 2.23. The lowest BCUT2D eigenvalue weighted by molar-refractivity contribution is 0.601. The highest BCUT2D eigenvalue weighted by atomic mass is 32.2. The summed E-state index contributed by atoms with van der Waals surface area (Å²) in [6.45, 7) is 4.51. The van der Waals surface area contributed by atoms with Gasteiger partial charge in [-0.05, 0) is 19.4 Å². The molecule has 2 aromatic heterocycles. The average Bonchev–Trinajstić information content (AvgIpc) is 2.86. The molecule has 2 N–H and O–H groups in total. The fourth-order valence-electron chi connectivity index (χ4n) is 1.47. The Morgan fingerprint density at radius 3 is 2.75 bits per heavy atom. The van der Waals surface area contributed by atoms with Gasteiger partial charge in [-0.2, -0.15) is 0 Å². The molecular weight excluding hydrogens is 298 g/mol. The van der Waals surface area contributed by atoms with Gasteiger partial charge in [-0.1, -0.05) is 18.3 Å². The molecule has 0 unspecified atom stereocenters. The molecule has 0 radical (unpaired) electrons. The average molecular weight is 313 g/mol. The second-order valence-electron chi connectivity index (χ2n) is 3.87. The van der Waals surface area contributed by atoms with Crippen molar-refractivity contribution in [3.63, 3.8) is 0 Å². The molecule has 0 aliphatic carbocycles. The van der Waals surface area contributed by atoms with Crippen LogP contribution in [-0.4, -0.2) is 30.1 Å². The lowest BCUT2D eigenvalue weighted by Gasteiger charge is -2.07. The van der Waals surface area contributed by atoms with E-state index in [9.17, 15) is 8.42 Å². The largest absolute Gasteiger partial charge is 0.370 e. The Kier molecular flexibility index (Phi) is 4.50. The lowest BCUT2D eigenvalue weighted by Crippen LogP contribution is -2.13. The molecule has 108 valence electrons. The molecule has 0 atom stereocenters. The van der Waals surface area contributed by atoms with E-state index in [1.807, 2.05) is 13.8 Å². The number of nitrogens with one attached hydrogen (secondary N) is 2. The van der Waals surface area contributed by atoms with E-state index in [4.69, 9.17) is 0 Å². The van der Waals surface area contributed by atoms with Gasteiger partial charge in [0.15, 0.2) is 0 Å². The van der Waals surface area contributed by atoms with E-state index >= 15 is 0 Å². The van der Waals surface area contributed by atoms with Gasteiger partial charge >= 0.3 is 0 Å². The van der Waals surface area contributed by atoms with Gasteiger partial charge in [-0.25, -0.2) is 13.4 Å². The van der Waals surface area contributed by atoms with Crippen LogP contribution in [0.5, 0.6) is 0 Å². The molecule has 2 heterocycles. The zero-order chi connectivity index (χ0) is 14.6. The summed E-state index contributed by atoms with van der Waals surface area (Å²) < 4.78 is 26.9. The number of pyridine rings is 1. The molecule has 0 amide bonds. The third kappa shape index (κ3) is 3.42. The molecule has 0 spiro atoms. The van der Waals surface area contributed by atoms with Crippen LogP contribution in [0.4, 0.5) is 10.9 Å². The predicted octanol–water partition coefficient (Wildman–Crippen LogP) is 1.73. The zero-order valence-corrected chi connectivity index (χ0v) is 12.8. The minimum Gasteiger partial charge on any atom is -0.370 e. The van der Waals surface area contributed by atoms with Crippen molar-refractivity contribution in [2.45, 2.75) is 25.2 Å². The summed E-state index contributed by atoms with van der Waals surface area (Å²) in [4.78, 5) is 4.17. The van der Waals surface area contributed by atoms with Crippen LogP contribution in [0.1, 0.15) is 18.9 Å². The monoisotopic (exact) mass is 313 g/mol. The quantitative estimate of drug-likeness (QED) is 0.843. The summed E-state index contributed by atoms with van der Waals surface area (Å²) in [7, 11) is -3.67. The summed E-state index contributed by atoms with van der Waals surface area (Å²) in [6, 6.07) is 2.92. The highest BCUT2D eigenvalue weighted by molar-refractivity contribution is 7.93. The van der Waals surface area contributed by atoms with E-state index < -0.39 is 10.0 Å². The molecule has 2 aromatic rings. The summed E-state index contributed by atoms with van der Waals surface area (Å²) in [5.41, 5.74) is 0. The zero-order valence-electron chi connectivity index (χ0n) is 11.1. The molecule has 2 rings (SSSR count). The molecule has 0 saturated heterocycles. The van der Waals surface area contributed by atoms with Gasteiger partial charge in [-0.15, -0.1) is 10.2 Å². The van der Waals surface area contributed by atoms with Gasteiger partial charge in [0.1, 0.15) is 10.8 Å². The molecular formula is C11H15N5O2S2. The van der Waals surface area contributed by atoms with Crippen molar-refractivity contribution in [3.8, 4) is 0 Å². The minimum absolute atomic E-state index is 0.136. The number of rotatable bonds is 6. The molecule has 0 aliphatic heterocycles. The van der Waals surface area contributed by atoms with Crippen molar-refractivity contribution >= 4 is 32.3 Å². The van der Waals surface area contributed by atoms with E-state index in [0.717, 1.165) is 11.4 Å². The molecule has 0 aliphatic rings. The molecule has 0 bridgehead atoms. The number of sulfonamides is 1. The van der Waals surface area contributed by atoms with E-state index in [-0.39, 0.29) is 10.0 Å². The SMILES string of the molecule is CCNc1cc(S(=O)(=O)Nc2nnc(CC)s2)ccn1. The van der Waals surface area contributed by atoms with E-state index in [0.29, 0.717) is 12.4 Å². The summed E-state index contributed by atoms with van der Waals surface area (Å²) in [5.74, 6) is 0.516. The Hall–Kier alpha value is -1.74. The van der Waals surface area contributed by atoms with Crippen molar-refractivity contribution in [2.75, 3.05) is 16.6 Å². The number of aryl methyl sites for hydroxylation is 1. The van der Waals surface area contributed by atoms with Crippen molar-refractivity contribution in [3.05, 3.63) is 23.3 Å². The van der Waals surface area contributed by atoms with Crippen molar-refractivity contribution < 1.29 is 8.42 Å². The maximum Gasteiger partial charge on any atom is 0.263 e. The third-order valence-electron chi connectivity index (χ3n) is 2.39. The fourth-order valence-corrected chi connectivity index (χ4v) is 3.39. The second kappa shape index (κ2) is 6.14. The van der Waals surface area contributed by atoms with Crippen LogP contribution in [-0.2, 0) is 16.4 Å². The van der Waals surface area contributed by atoms with Crippen LogP contribution >= 0.6 is 11.3 Å². The van der Waals surface area contributed by atoms with Crippen LogP contribution in [0.25, 0.3) is 0 Å². The van der Waals surface area contributed by atoms with E-state index in [2.05, 4.69) is 25.2 Å². The third-order valence-corrected chi connectivity index (χ3v) is 4.84. The van der Waals surface area contributed by atoms with Gasteiger partial charge in [-0.3, -0.25) is 4.72 Å². The molecule has 20 heavy (non-hydrogen) atoms. The first kappa shape index (κ1) is 14.7. The number of aromatic nitrogens is 3. The van der Waals surface area contributed by atoms with Crippen LogP contribution < -0.4 is 10.0 Å². The first-order valence-corrected chi connectivity index (χ1v) is 8.40. The number of anilines is 2. The number of hydrogen-bond donors (Lipinski definition) is 2. The highest BCUT2D eigenvalue weighted by Crippen LogP contribution is 2.21. The smallest absolute Gasteiger partial charge is 0.263 e. The summed E-state index contributed by atoms with van der Waals surface area (Å²) in [5, 5.41) is 11.7. The Bertz CT molecular complexity index is 684. The van der Waals surface area contributed by atoms with Gasteiger partial charge < -0.3 is 5.32 Å². The van der Waals surface area contributed by atoms with Crippen molar-refractivity contribution in [1.82, 2.24) is 15.2 Å². The normalized spacial score (nSPS) is 11.3. The molecule has 0 aromatic carbocycles. The van der Waals surface area contributed by atoms with Crippen LogP contribution in [0, 0.1) is 0 Å². The fraction of sp³-hybridized carbons (Fsp3) is 0.364. The van der Waals surface area contributed by atoms with Gasteiger partial charge in [0.25, 0.3) is 10.0 Å². The molecule has 9 heteroatoms. The summed E-state index contributed by atoms with van der Waals surface area (Å²) in [6.07, 6.45) is 2.17. The van der Waals surface area contributed by atoms with Crippen LogP contribution in [0.2, 0.25) is 0 Å². The second-order valence-corrected chi connectivity index (χ2v) is 6.61. The van der Waals surface area contributed by atoms with E-state index in [1.54, 1.807) is 0 Å². The number of nitrogens with zero attached hydrogens (tertiary/aromatic N) is 3. The maximum atomic E-state index is 12.2. The highest BCUT2D eigenvalue weighted by Gasteiger charge is 2.17. The lowest BCUT2D eigenvalue weighted by atomic mass is 10.4. The van der Waals surface area contributed by atoms with Gasteiger partial charge in [0.05, 0.1) is 4.90 Å². The van der Waals surface area contributed by atoms with Gasteiger partial charge in [0.2, 0.25) is 5.13 Å². The first-order chi connectivity index (χ1) is 9.55. The van der Waals surface area contributed by atoms with Crippen LogP contribution in [0.15, 0.2) is 23.2 Å². The van der Waals surface area contributed by atoms with Crippen LogP contribution in [0.3, 0.4) is 0 Å². The molecule has 0 fully saturated rings. The molecule has 7 nitrogen and oxygen atoms in total. The Morgan fingerprint density at radius 2 is 2.10 bits per heavy atom. The molecule has 0 saturated carbocycles. The summed E-state index contributed by atoms with van der Waals surface area (Å²) >= 11 is 1.23.